The summed E-state index contributed by atoms with van der Waals surface area (Å²) in [6.07, 6.45) is 2.31. The van der Waals surface area contributed by atoms with Gasteiger partial charge in [0.15, 0.2) is 5.65 Å². The fraction of sp³-hybridized carbons (Fsp3) is 0.364. The minimum absolute atomic E-state index is 0.0237. The van der Waals surface area contributed by atoms with Crippen LogP contribution in [0.15, 0.2) is 60.0 Å². The molecule has 0 bridgehead atoms. The Kier molecular flexibility index (Phi) is 8.40. The van der Waals surface area contributed by atoms with E-state index in [4.69, 9.17) is 16.6 Å². The van der Waals surface area contributed by atoms with Crippen molar-refractivity contribution in [3.8, 4) is 16.9 Å². The minimum atomic E-state index is -0.759. The normalized spacial score (nSPS) is 17.9. The number of fused-ring (bicyclic) bond motifs is 1. The number of pyridine rings is 2. The number of aliphatic hydroxyl groups is 1. The number of halogens is 1. The van der Waals surface area contributed by atoms with Crippen molar-refractivity contribution in [1.82, 2.24) is 24.4 Å². The fourth-order valence-corrected chi connectivity index (χ4v) is 6.18. The van der Waals surface area contributed by atoms with Crippen molar-refractivity contribution in [3.63, 3.8) is 0 Å². The molecule has 10 heteroatoms. The molecule has 4 aromatic rings. The largest absolute Gasteiger partial charge is 0.389 e. The summed E-state index contributed by atoms with van der Waals surface area (Å²) < 4.78 is 1.53. The van der Waals surface area contributed by atoms with Gasteiger partial charge in [-0.15, -0.1) is 0 Å². The van der Waals surface area contributed by atoms with Crippen molar-refractivity contribution in [2.75, 3.05) is 18.0 Å². The first-order valence-corrected chi connectivity index (χ1v) is 14.9. The third kappa shape index (κ3) is 5.43. The van der Waals surface area contributed by atoms with E-state index in [1.54, 1.807) is 24.1 Å². The molecule has 1 aliphatic rings. The van der Waals surface area contributed by atoms with Gasteiger partial charge in [-0.3, -0.25) is 9.78 Å². The Morgan fingerprint density at radius 2 is 1.84 bits per heavy atom. The molecule has 1 amide bonds. The van der Waals surface area contributed by atoms with Gasteiger partial charge in [-0.1, -0.05) is 56.3 Å². The first kappa shape index (κ1) is 30.4. The molecular weight excluding hydrogens is 564 g/mol. The third-order valence-electron chi connectivity index (χ3n) is 8.11. The molecule has 0 spiro atoms. The van der Waals surface area contributed by atoms with Crippen LogP contribution in [0.4, 0.5) is 5.82 Å². The molecule has 0 aliphatic carbocycles. The number of carbonyl (C=O) groups excluding carboxylic acids is 1. The second-order valence-corrected chi connectivity index (χ2v) is 12.0. The number of piperazine rings is 1. The molecule has 1 fully saturated rings. The Hall–Kier alpha value is -4.08. The highest BCUT2D eigenvalue weighted by Gasteiger charge is 2.34. The van der Waals surface area contributed by atoms with Gasteiger partial charge in [-0.25, -0.2) is 14.3 Å². The Labute approximate surface area is 256 Å². The summed E-state index contributed by atoms with van der Waals surface area (Å²) >= 11 is 6.97. The first-order valence-electron chi connectivity index (χ1n) is 14.5. The van der Waals surface area contributed by atoms with Crippen molar-refractivity contribution in [2.45, 2.75) is 65.6 Å². The second kappa shape index (κ2) is 11.9. The van der Waals surface area contributed by atoms with Crippen LogP contribution in [0.2, 0.25) is 5.02 Å². The molecule has 0 saturated carbocycles. The molecule has 43 heavy (non-hydrogen) atoms. The molecule has 1 aliphatic heterocycles. The molecule has 0 radical (unpaired) electrons. The Morgan fingerprint density at radius 1 is 1.12 bits per heavy atom. The number of aliphatic hydroxyl groups excluding tert-OH is 1. The molecule has 1 aromatic carbocycles. The van der Waals surface area contributed by atoms with Crippen molar-refractivity contribution in [2.24, 2.45) is 0 Å². The molecule has 1 saturated heterocycles. The monoisotopic (exact) mass is 600 g/mol. The van der Waals surface area contributed by atoms with Crippen molar-refractivity contribution < 1.29 is 9.90 Å². The fourth-order valence-electron chi connectivity index (χ4n) is 5.92. The van der Waals surface area contributed by atoms with Crippen LogP contribution >= 0.6 is 11.6 Å². The van der Waals surface area contributed by atoms with Crippen molar-refractivity contribution in [3.05, 3.63) is 87.6 Å². The quantitative estimate of drug-likeness (QED) is 0.288. The number of aromatic nitrogens is 4. The molecule has 3 atom stereocenters. The highest BCUT2D eigenvalue weighted by Crippen LogP contribution is 2.38. The van der Waals surface area contributed by atoms with Gasteiger partial charge in [0.2, 0.25) is 5.91 Å². The van der Waals surface area contributed by atoms with E-state index in [0.29, 0.717) is 57.5 Å². The van der Waals surface area contributed by atoms with Gasteiger partial charge >= 0.3 is 5.69 Å². The maximum atomic E-state index is 14.1. The van der Waals surface area contributed by atoms with E-state index in [1.807, 2.05) is 69.9 Å². The van der Waals surface area contributed by atoms with Crippen LogP contribution < -0.4 is 10.6 Å². The number of rotatable bonds is 6. The molecule has 5 rings (SSSR count). The third-order valence-corrected chi connectivity index (χ3v) is 8.40. The number of aryl methyl sites for hydroxylation is 1. The average Bonchev–Trinajstić information content (AvgIpc) is 2.97. The SMILES string of the molecule is C=CC(=O)N1C[C@H](C)N(c2nc(=O)n(-c3c(C)ccnc3C(C)C)c3nc(-c4ccccc4[C@@H](C)O)c(Cl)cc23)C[C@H]1C. The lowest BCUT2D eigenvalue weighted by atomic mass is 9.99. The van der Waals surface area contributed by atoms with Gasteiger partial charge in [-0.2, -0.15) is 4.98 Å². The second-order valence-electron chi connectivity index (χ2n) is 11.6. The van der Waals surface area contributed by atoms with Crippen LogP contribution in [0.5, 0.6) is 0 Å². The van der Waals surface area contributed by atoms with Crippen LogP contribution in [0, 0.1) is 6.92 Å². The predicted octanol–water partition coefficient (Wildman–Crippen LogP) is 5.59. The van der Waals surface area contributed by atoms with Crippen LogP contribution in [-0.2, 0) is 4.79 Å². The standard InChI is InChI=1S/C33H37ClN6O3/c1-8-27(42)38-16-21(6)39(17-20(38)5)31-25-15-26(34)29(24-12-10-9-11-23(24)22(7)41)36-32(25)40(33(43)37-31)30-19(4)13-14-35-28(30)18(2)3/h8-15,18,20-22,41H,1,16-17H2,2-7H3/t20-,21+,22-/m1/s1. The molecule has 0 unspecified atom stereocenters. The summed E-state index contributed by atoms with van der Waals surface area (Å²) in [5.74, 6) is 0.348. The zero-order chi connectivity index (χ0) is 31.2. The van der Waals surface area contributed by atoms with Crippen LogP contribution in [0.1, 0.15) is 63.5 Å². The van der Waals surface area contributed by atoms with Gasteiger partial charge in [0.1, 0.15) is 5.82 Å². The summed E-state index contributed by atoms with van der Waals surface area (Å²) in [4.78, 5) is 44.8. The van der Waals surface area contributed by atoms with Crippen LogP contribution in [-0.4, -0.2) is 60.6 Å². The van der Waals surface area contributed by atoms with Crippen molar-refractivity contribution >= 4 is 34.4 Å². The average molecular weight is 601 g/mol. The van der Waals surface area contributed by atoms with Gasteiger partial charge in [-0.05, 0) is 62.9 Å². The van der Waals surface area contributed by atoms with Gasteiger partial charge in [0, 0.05) is 36.9 Å². The summed E-state index contributed by atoms with van der Waals surface area (Å²) in [7, 11) is 0. The summed E-state index contributed by atoms with van der Waals surface area (Å²) in [6, 6.07) is 10.8. The van der Waals surface area contributed by atoms with E-state index in [9.17, 15) is 14.7 Å². The van der Waals surface area contributed by atoms with E-state index in [0.717, 1.165) is 11.3 Å². The van der Waals surface area contributed by atoms with Gasteiger partial charge < -0.3 is 14.9 Å². The molecule has 9 nitrogen and oxygen atoms in total. The van der Waals surface area contributed by atoms with E-state index in [-0.39, 0.29) is 23.9 Å². The number of anilines is 1. The number of benzene rings is 1. The molecule has 4 heterocycles. The lowest BCUT2D eigenvalue weighted by molar-refractivity contribution is -0.128. The Bertz CT molecular complexity index is 1780. The molecular formula is C33H37ClN6O3. The Morgan fingerprint density at radius 3 is 2.51 bits per heavy atom. The maximum absolute atomic E-state index is 14.1. The zero-order valence-electron chi connectivity index (χ0n) is 25.4. The van der Waals surface area contributed by atoms with Crippen molar-refractivity contribution in [1.29, 1.82) is 0 Å². The summed E-state index contributed by atoms with van der Waals surface area (Å²) in [5, 5.41) is 11.5. The van der Waals surface area contributed by atoms with Gasteiger partial charge in [0.05, 0.1) is 33.6 Å². The topological polar surface area (TPSA) is 104 Å². The molecule has 3 aromatic heterocycles. The lowest BCUT2D eigenvalue weighted by Gasteiger charge is -2.44. The van der Waals surface area contributed by atoms with Gasteiger partial charge in [0.25, 0.3) is 0 Å². The van der Waals surface area contributed by atoms with Crippen LogP contribution in [0.25, 0.3) is 28.0 Å². The number of nitrogens with zero attached hydrogens (tertiary/aromatic N) is 6. The van der Waals surface area contributed by atoms with E-state index >= 15 is 0 Å². The Balaban J connectivity index is 1.84. The van der Waals surface area contributed by atoms with E-state index < -0.39 is 11.8 Å². The highest BCUT2D eigenvalue weighted by molar-refractivity contribution is 6.34. The number of hydrogen-bond donors (Lipinski definition) is 1. The van der Waals surface area contributed by atoms with E-state index in [2.05, 4.69) is 16.5 Å². The first-order chi connectivity index (χ1) is 20.4. The number of amides is 1. The highest BCUT2D eigenvalue weighted by atomic mass is 35.5. The number of carbonyl (C=O) groups is 1. The molecule has 224 valence electrons. The predicted molar refractivity (Wildman–Crippen MR) is 171 cm³/mol. The molecule has 1 N–H and O–H groups in total. The zero-order valence-corrected chi connectivity index (χ0v) is 26.1. The maximum Gasteiger partial charge on any atom is 0.355 e. The minimum Gasteiger partial charge on any atom is -0.389 e. The lowest BCUT2D eigenvalue weighted by Crippen LogP contribution is -2.58. The number of hydrogen-bond acceptors (Lipinski definition) is 7. The van der Waals surface area contributed by atoms with E-state index in [1.165, 1.54) is 10.6 Å². The van der Waals surface area contributed by atoms with Crippen LogP contribution in [0.3, 0.4) is 0 Å². The summed E-state index contributed by atoms with van der Waals surface area (Å²) in [5.41, 5.74) is 3.94. The summed E-state index contributed by atoms with van der Waals surface area (Å²) in [6.45, 7) is 16.2. The smallest absolute Gasteiger partial charge is 0.355 e.